The Morgan fingerprint density at radius 3 is 2.44 bits per heavy atom. The van der Waals surface area contributed by atoms with E-state index in [1.54, 1.807) is 11.8 Å². The first-order valence-electron chi connectivity index (χ1n) is 5.25. The van der Waals surface area contributed by atoms with Crippen molar-refractivity contribution < 1.29 is 4.79 Å². The fourth-order valence-corrected chi connectivity index (χ4v) is 1.89. The summed E-state index contributed by atoms with van der Waals surface area (Å²) in [6.45, 7) is 2.14. The van der Waals surface area contributed by atoms with E-state index in [0.29, 0.717) is 5.69 Å². The Labute approximate surface area is 117 Å². The zero-order valence-electron chi connectivity index (χ0n) is 10.1. The molecule has 0 aromatic heterocycles. The third kappa shape index (κ3) is 6.36. The van der Waals surface area contributed by atoms with Gasteiger partial charge in [0.25, 0.3) is 0 Å². The van der Waals surface area contributed by atoms with Crippen LogP contribution in [-0.2, 0) is 0 Å². The average molecular weight is 289 g/mol. The summed E-state index contributed by atoms with van der Waals surface area (Å²) in [6, 6.07) is 6.96. The highest BCUT2D eigenvalue weighted by Gasteiger charge is 2.00. The molecule has 0 aliphatic rings. The quantitative estimate of drug-likeness (QED) is 0.450. The Morgan fingerprint density at radius 2 is 1.94 bits per heavy atom. The number of carbonyl (C=O) groups excluding carboxylic acids is 1. The van der Waals surface area contributed by atoms with Gasteiger partial charge in [0, 0.05) is 10.6 Å². The van der Waals surface area contributed by atoms with Gasteiger partial charge in [-0.25, -0.2) is 4.79 Å². The first-order chi connectivity index (χ1) is 8.11. The summed E-state index contributed by atoms with van der Waals surface area (Å²) in [4.78, 5) is 15.8. The van der Waals surface area contributed by atoms with Crippen molar-refractivity contribution in [2.75, 3.05) is 11.1 Å². The summed E-state index contributed by atoms with van der Waals surface area (Å²) < 4.78 is 0. The molecule has 0 atom stereocenters. The van der Waals surface area contributed by atoms with Gasteiger partial charge in [0.15, 0.2) is 5.96 Å². The molecule has 0 saturated heterocycles. The number of nitrogens with zero attached hydrogens (tertiary/aromatic N) is 1. The van der Waals surface area contributed by atoms with Gasteiger partial charge in [0.1, 0.15) is 0 Å². The number of aliphatic imine (C=N–C) groups is 1. The van der Waals surface area contributed by atoms with Crippen LogP contribution in [0.15, 0.2) is 34.2 Å². The van der Waals surface area contributed by atoms with Crippen molar-refractivity contribution in [3.05, 3.63) is 24.3 Å². The Morgan fingerprint density at radius 1 is 1.33 bits per heavy atom. The van der Waals surface area contributed by atoms with Gasteiger partial charge in [-0.05, 0) is 36.4 Å². The van der Waals surface area contributed by atoms with Crippen molar-refractivity contribution in [2.45, 2.75) is 18.2 Å². The van der Waals surface area contributed by atoms with Crippen molar-refractivity contribution in [3.63, 3.8) is 0 Å². The summed E-state index contributed by atoms with van der Waals surface area (Å²) in [5.74, 6) is 0.831. The van der Waals surface area contributed by atoms with Crippen LogP contribution in [0.25, 0.3) is 0 Å². The zero-order chi connectivity index (χ0) is 12.7. The molecule has 0 saturated carbocycles. The number of benzene rings is 1. The number of anilines is 1. The normalized spacial score (nSPS) is 9.17. The molecule has 0 unspecified atom stereocenters. The summed E-state index contributed by atoms with van der Waals surface area (Å²) in [5, 5.41) is 2.56. The van der Waals surface area contributed by atoms with Crippen molar-refractivity contribution in [1.29, 1.82) is 0 Å². The van der Waals surface area contributed by atoms with Gasteiger partial charge in [0.2, 0.25) is 0 Å². The maximum absolute atomic E-state index is 11.2. The summed E-state index contributed by atoms with van der Waals surface area (Å²) in [6.07, 6.45) is 1.13. The second-order valence-electron chi connectivity index (χ2n) is 3.34. The second-order valence-corrected chi connectivity index (χ2v) is 4.51. The molecule has 1 aromatic rings. The third-order valence-corrected chi connectivity index (χ3v) is 3.03. The van der Waals surface area contributed by atoms with Gasteiger partial charge in [-0.1, -0.05) is 6.92 Å². The Bertz CT molecular complexity index is 404. The van der Waals surface area contributed by atoms with E-state index in [-0.39, 0.29) is 18.4 Å². The number of guanidine groups is 1. The molecule has 0 aliphatic heterocycles. The lowest BCUT2D eigenvalue weighted by Crippen LogP contribution is -2.25. The minimum absolute atomic E-state index is 0. The van der Waals surface area contributed by atoms with Gasteiger partial charge >= 0.3 is 6.03 Å². The number of hydrogen-bond donors (Lipinski definition) is 3. The van der Waals surface area contributed by atoms with Gasteiger partial charge < -0.3 is 16.8 Å². The number of hydrogen-bond acceptors (Lipinski definition) is 2. The second kappa shape index (κ2) is 8.66. The molecule has 0 radical (unpaired) electrons. The molecule has 0 heterocycles. The SMILES string of the molecule is CCCSc1ccc(NC(=O)N=C(N)N)cc1.Cl. The molecule has 1 rings (SSSR count). The standard InChI is InChI=1S/C11H16N4OS.ClH/c1-2-7-17-9-5-3-8(4-6-9)14-11(16)15-10(12)13;/h3-6H,2,7H2,1H3,(H5,12,13,14,15,16);1H. The minimum atomic E-state index is -0.570. The number of rotatable bonds is 4. The van der Waals surface area contributed by atoms with E-state index < -0.39 is 6.03 Å². The number of urea groups is 1. The number of amides is 2. The van der Waals surface area contributed by atoms with E-state index in [1.807, 2.05) is 24.3 Å². The van der Waals surface area contributed by atoms with Gasteiger partial charge in [0.05, 0.1) is 0 Å². The molecule has 5 nitrogen and oxygen atoms in total. The number of nitrogens with two attached hydrogens (primary N) is 2. The molecular weight excluding hydrogens is 272 g/mol. The maximum atomic E-state index is 11.2. The largest absolute Gasteiger partial charge is 0.370 e. The van der Waals surface area contributed by atoms with Crippen molar-refractivity contribution >= 4 is 41.8 Å². The average Bonchev–Trinajstić information content (AvgIpc) is 2.27. The van der Waals surface area contributed by atoms with Crippen LogP contribution in [0.5, 0.6) is 0 Å². The molecular formula is C11H17ClN4OS. The van der Waals surface area contributed by atoms with Crippen LogP contribution in [0.2, 0.25) is 0 Å². The summed E-state index contributed by atoms with van der Waals surface area (Å²) >= 11 is 1.78. The van der Waals surface area contributed by atoms with Crippen molar-refractivity contribution in [1.82, 2.24) is 0 Å². The van der Waals surface area contributed by atoms with E-state index in [9.17, 15) is 4.79 Å². The van der Waals surface area contributed by atoms with Gasteiger partial charge in [-0.2, -0.15) is 4.99 Å². The fraction of sp³-hybridized carbons (Fsp3) is 0.273. The van der Waals surface area contributed by atoms with Crippen molar-refractivity contribution in [2.24, 2.45) is 16.5 Å². The van der Waals surface area contributed by atoms with Crippen LogP contribution in [0.4, 0.5) is 10.5 Å². The number of nitrogens with one attached hydrogen (secondary N) is 1. The van der Waals surface area contributed by atoms with Crippen LogP contribution in [0, 0.1) is 0 Å². The maximum Gasteiger partial charge on any atom is 0.348 e. The fourth-order valence-electron chi connectivity index (χ4n) is 1.12. The lowest BCUT2D eigenvalue weighted by atomic mass is 10.3. The monoisotopic (exact) mass is 288 g/mol. The molecule has 1 aromatic carbocycles. The highest BCUT2D eigenvalue weighted by Crippen LogP contribution is 2.20. The Balaban J connectivity index is 0.00000289. The Kier molecular flexibility index (Phi) is 7.98. The predicted octanol–water partition coefficient (Wildman–Crippen LogP) is 2.42. The van der Waals surface area contributed by atoms with E-state index in [2.05, 4.69) is 17.2 Å². The zero-order valence-corrected chi connectivity index (χ0v) is 11.7. The van der Waals surface area contributed by atoms with Gasteiger partial charge in [-0.3, -0.25) is 0 Å². The van der Waals surface area contributed by atoms with E-state index in [0.717, 1.165) is 12.2 Å². The van der Waals surface area contributed by atoms with Crippen LogP contribution >= 0.6 is 24.2 Å². The van der Waals surface area contributed by atoms with Crippen LogP contribution in [-0.4, -0.2) is 17.7 Å². The molecule has 18 heavy (non-hydrogen) atoms. The number of halogens is 1. The van der Waals surface area contributed by atoms with Crippen molar-refractivity contribution in [3.8, 4) is 0 Å². The molecule has 5 N–H and O–H groups in total. The third-order valence-electron chi connectivity index (χ3n) is 1.81. The van der Waals surface area contributed by atoms with Crippen LogP contribution in [0.3, 0.4) is 0 Å². The molecule has 0 fully saturated rings. The topological polar surface area (TPSA) is 93.5 Å². The van der Waals surface area contributed by atoms with E-state index >= 15 is 0 Å². The first kappa shape index (κ1) is 16.6. The summed E-state index contributed by atoms with van der Waals surface area (Å²) in [7, 11) is 0. The summed E-state index contributed by atoms with van der Waals surface area (Å²) in [5.41, 5.74) is 10.8. The molecule has 0 spiro atoms. The first-order valence-corrected chi connectivity index (χ1v) is 6.24. The lowest BCUT2D eigenvalue weighted by molar-refractivity contribution is 0.259. The van der Waals surface area contributed by atoms with Gasteiger partial charge in [-0.15, -0.1) is 24.2 Å². The lowest BCUT2D eigenvalue weighted by Gasteiger charge is -2.03. The smallest absolute Gasteiger partial charge is 0.348 e. The highest BCUT2D eigenvalue weighted by molar-refractivity contribution is 7.99. The van der Waals surface area contributed by atoms with E-state index in [1.165, 1.54) is 4.90 Å². The molecule has 0 aliphatic carbocycles. The van der Waals surface area contributed by atoms with E-state index in [4.69, 9.17) is 11.5 Å². The molecule has 7 heteroatoms. The molecule has 0 bridgehead atoms. The van der Waals surface area contributed by atoms with Crippen LogP contribution in [0.1, 0.15) is 13.3 Å². The highest BCUT2D eigenvalue weighted by atomic mass is 35.5. The number of carbonyl (C=O) groups is 1. The van der Waals surface area contributed by atoms with Crippen LogP contribution < -0.4 is 16.8 Å². The minimum Gasteiger partial charge on any atom is -0.370 e. The predicted molar refractivity (Wildman–Crippen MR) is 79.5 cm³/mol. The molecule has 100 valence electrons. The number of thioether (sulfide) groups is 1. The molecule has 2 amide bonds. The Hall–Kier alpha value is -1.40.